The minimum Gasteiger partial charge on any atom is -0.455 e. The van der Waals surface area contributed by atoms with Crippen LogP contribution in [0, 0.1) is 17.1 Å². The Bertz CT molecular complexity index is 1570. The number of benzene rings is 3. The van der Waals surface area contributed by atoms with E-state index >= 15 is 0 Å². The van der Waals surface area contributed by atoms with E-state index in [-0.39, 0.29) is 18.0 Å². The maximum Gasteiger partial charge on any atom is 0.232 e. The van der Waals surface area contributed by atoms with Crippen molar-refractivity contribution in [1.29, 1.82) is 5.26 Å². The zero-order valence-corrected chi connectivity index (χ0v) is 19.6. The first kappa shape index (κ1) is 23.2. The van der Waals surface area contributed by atoms with Gasteiger partial charge in [0.15, 0.2) is 5.78 Å². The molecule has 0 bridgehead atoms. The molecule has 0 spiro atoms. The molecule has 0 amide bonds. The zero-order chi connectivity index (χ0) is 24.6. The molecule has 0 saturated heterocycles. The number of ketones is 1. The van der Waals surface area contributed by atoms with Crippen molar-refractivity contribution in [2.45, 2.75) is 13.3 Å². The number of carbonyl (C=O) groups is 1. The second-order valence-corrected chi connectivity index (χ2v) is 9.89. The van der Waals surface area contributed by atoms with Gasteiger partial charge in [0.1, 0.15) is 17.2 Å². The number of nitriles is 1. The zero-order valence-electron chi connectivity index (χ0n) is 18.8. The van der Waals surface area contributed by atoms with Gasteiger partial charge in [-0.05, 0) is 48.0 Å². The number of sulfonamides is 1. The van der Waals surface area contributed by atoms with Crippen molar-refractivity contribution >= 4 is 32.5 Å². The Hall–Kier alpha value is -3.96. The topological polar surface area (TPSA) is 91.4 Å². The van der Waals surface area contributed by atoms with Gasteiger partial charge in [-0.2, -0.15) is 5.26 Å². The number of furan rings is 1. The molecule has 4 rings (SSSR count). The first-order valence-electron chi connectivity index (χ1n) is 10.5. The molecule has 0 N–H and O–H groups in total. The summed E-state index contributed by atoms with van der Waals surface area (Å²) in [5.74, 6) is -0.295. The monoisotopic (exact) mass is 476 g/mol. The van der Waals surface area contributed by atoms with Crippen LogP contribution in [-0.4, -0.2) is 27.5 Å². The first-order chi connectivity index (χ1) is 16.1. The maximum atomic E-state index is 13.5. The quantitative estimate of drug-likeness (QED) is 0.330. The van der Waals surface area contributed by atoms with Crippen LogP contribution < -0.4 is 4.31 Å². The third-order valence-electron chi connectivity index (χ3n) is 5.65. The van der Waals surface area contributed by atoms with Crippen LogP contribution in [0.3, 0.4) is 0 Å². The van der Waals surface area contributed by atoms with Crippen molar-refractivity contribution in [1.82, 2.24) is 0 Å². The van der Waals surface area contributed by atoms with Crippen molar-refractivity contribution in [3.63, 3.8) is 0 Å². The fourth-order valence-electron chi connectivity index (χ4n) is 3.82. The first-order valence-corrected chi connectivity index (χ1v) is 12.3. The normalized spacial score (nSPS) is 11.4. The summed E-state index contributed by atoms with van der Waals surface area (Å²) in [6.45, 7) is 1.73. The average Bonchev–Trinajstić information content (AvgIpc) is 3.20. The summed E-state index contributed by atoms with van der Waals surface area (Å²) in [4.78, 5) is 13.0. The molecule has 34 heavy (non-hydrogen) atoms. The van der Waals surface area contributed by atoms with Crippen molar-refractivity contribution in [3.8, 4) is 28.5 Å². The molecule has 1 aromatic heterocycles. The summed E-state index contributed by atoms with van der Waals surface area (Å²) in [6.07, 6.45) is 1.30. The van der Waals surface area contributed by atoms with E-state index in [1.54, 1.807) is 43.3 Å². The minimum absolute atomic E-state index is 0.168. The van der Waals surface area contributed by atoms with Gasteiger partial charge < -0.3 is 4.42 Å². The van der Waals surface area contributed by atoms with E-state index in [1.807, 2.05) is 0 Å². The minimum atomic E-state index is -3.63. The van der Waals surface area contributed by atoms with Gasteiger partial charge in [0.2, 0.25) is 10.0 Å². The third-order valence-corrected chi connectivity index (χ3v) is 6.84. The average molecular weight is 477 g/mol. The largest absolute Gasteiger partial charge is 0.455 e. The van der Waals surface area contributed by atoms with E-state index < -0.39 is 15.8 Å². The predicted octanol–water partition coefficient (Wildman–Crippen LogP) is 5.77. The van der Waals surface area contributed by atoms with Crippen LogP contribution in [0.15, 0.2) is 65.1 Å². The Labute approximate surface area is 196 Å². The molecular weight excluding hydrogens is 455 g/mol. The lowest BCUT2D eigenvalue weighted by atomic mass is 9.96. The lowest BCUT2D eigenvalue weighted by Gasteiger charge is -2.20. The Balaban J connectivity index is 2.09. The number of hydrogen-bond acceptors (Lipinski definition) is 5. The fraction of sp³-hybridized carbons (Fsp3) is 0.154. The lowest BCUT2D eigenvalue weighted by Crippen LogP contribution is -2.25. The van der Waals surface area contributed by atoms with Crippen molar-refractivity contribution in [3.05, 3.63) is 77.6 Å². The molecule has 6 nitrogen and oxygen atoms in total. The molecule has 0 unspecified atom stereocenters. The Morgan fingerprint density at radius 2 is 1.79 bits per heavy atom. The molecule has 0 aliphatic rings. The van der Waals surface area contributed by atoms with Gasteiger partial charge in [-0.1, -0.05) is 19.1 Å². The summed E-state index contributed by atoms with van der Waals surface area (Å²) in [5, 5.41) is 9.85. The molecule has 3 aromatic carbocycles. The molecule has 0 atom stereocenters. The molecule has 0 radical (unpaired) electrons. The van der Waals surface area contributed by atoms with E-state index in [9.17, 15) is 22.9 Å². The second-order valence-electron chi connectivity index (χ2n) is 7.88. The molecule has 0 aliphatic carbocycles. The van der Waals surface area contributed by atoms with Crippen LogP contribution >= 0.6 is 0 Å². The van der Waals surface area contributed by atoms with Gasteiger partial charge in [0.25, 0.3) is 0 Å². The predicted molar refractivity (Wildman–Crippen MR) is 130 cm³/mol. The Morgan fingerprint density at radius 1 is 1.09 bits per heavy atom. The highest BCUT2D eigenvalue weighted by atomic mass is 32.2. The van der Waals surface area contributed by atoms with Gasteiger partial charge >= 0.3 is 0 Å². The molecule has 8 heteroatoms. The molecule has 0 aliphatic heterocycles. The standard InChI is InChI=1S/C26H21FN2O4S/c1-4-23(30)25-21-13-20(18-7-5-6-16(12-18)15-28)22(29(2)34(3,31)32)14-24(21)33-26(25)17-8-10-19(27)11-9-17/h5-14H,4H2,1-3H3. The highest BCUT2D eigenvalue weighted by Gasteiger charge is 2.25. The van der Waals surface area contributed by atoms with Crippen LogP contribution in [0.2, 0.25) is 0 Å². The Kier molecular flexibility index (Phi) is 5.98. The number of Topliss-reactive ketones (excluding diaryl/α,β-unsaturated/α-hetero) is 1. The molecular formula is C26H21FN2O4S. The second kappa shape index (κ2) is 8.76. The SMILES string of the molecule is CCC(=O)c1c(-c2ccc(F)cc2)oc2cc(N(C)S(C)(=O)=O)c(-c3cccc(C#N)c3)cc12. The van der Waals surface area contributed by atoms with Crippen LogP contribution in [0.25, 0.3) is 33.4 Å². The van der Waals surface area contributed by atoms with Crippen LogP contribution in [0.1, 0.15) is 29.3 Å². The molecule has 0 fully saturated rings. The molecule has 172 valence electrons. The molecule has 4 aromatic rings. The van der Waals surface area contributed by atoms with E-state index in [0.717, 1.165) is 10.6 Å². The number of hydrogen-bond donors (Lipinski definition) is 0. The number of nitrogens with zero attached hydrogens (tertiary/aromatic N) is 2. The Morgan fingerprint density at radius 3 is 2.41 bits per heavy atom. The number of fused-ring (bicyclic) bond motifs is 1. The number of halogens is 1. The van der Waals surface area contributed by atoms with E-state index in [0.29, 0.717) is 44.5 Å². The summed E-state index contributed by atoms with van der Waals surface area (Å²) >= 11 is 0. The lowest BCUT2D eigenvalue weighted by molar-refractivity contribution is 0.0989. The maximum absolute atomic E-state index is 13.5. The van der Waals surface area contributed by atoms with Gasteiger partial charge in [-0.3, -0.25) is 9.10 Å². The van der Waals surface area contributed by atoms with Crippen molar-refractivity contribution < 1.29 is 22.0 Å². The highest BCUT2D eigenvalue weighted by Crippen LogP contribution is 2.41. The molecule has 1 heterocycles. The van der Waals surface area contributed by atoms with Crippen LogP contribution in [0.5, 0.6) is 0 Å². The highest BCUT2D eigenvalue weighted by molar-refractivity contribution is 7.92. The number of rotatable bonds is 6. The van der Waals surface area contributed by atoms with Gasteiger partial charge in [0.05, 0.1) is 29.1 Å². The fourth-order valence-corrected chi connectivity index (χ4v) is 4.33. The number of carbonyl (C=O) groups excluding carboxylic acids is 1. The molecule has 0 saturated carbocycles. The van der Waals surface area contributed by atoms with Crippen molar-refractivity contribution in [2.24, 2.45) is 0 Å². The summed E-state index contributed by atoms with van der Waals surface area (Å²) < 4.78 is 45.5. The smallest absolute Gasteiger partial charge is 0.232 e. The summed E-state index contributed by atoms with van der Waals surface area (Å²) in [6, 6.07) is 17.8. The third kappa shape index (κ3) is 4.18. The number of anilines is 1. The van der Waals surface area contributed by atoms with Crippen LogP contribution in [0.4, 0.5) is 10.1 Å². The summed E-state index contributed by atoms with van der Waals surface area (Å²) in [5.41, 5.74) is 3.08. The van der Waals surface area contributed by atoms with Crippen LogP contribution in [-0.2, 0) is 10.0 Å². The summed E-state index contributed by atoms with van der Waals surface area (Å²) in [7, 11) is -2.21. The van der Waals surface area contributed by atoms with Gasteiger partial charge in [-0.25, -0.2) is 12.8 Å². The van der Waals surface area contributed by atoms with Crippen molar-refractivity contribution in [2.75, 3.05) is 17.6 Å². The van der Waals surface area contributed by atoms with Gasteiger partial charge in [-0.15, -0.1) is 0 Å². The van der Waals surface area contributed by atoms with E-state index in [4.69, 9.17) is 4.42 Å². The van der Waals surface area contributed by atoms with Gasteiger partial charge in [0, 0.05) is 36.0 Å². The van der Waals surface area contributed by atoms with E-state index in [2.05, 4.69) is 6.07 Å². The van der Waals surface area contributed by atoms with E-state index in [1.165, 1.54) is 31.3 Å².